The van der Waals surface area contributed by atoms with Crippen molar-refractivity contribution < 1.29 is 17.6 Å². The number of fused-ring (bicyclic) bond motifs is 1. The first-order chi connectivity index (χ1) is 16.7. The summed E-state index contributed by atoms with van der Waals surface area (Å²) in [6.07, 6.45) is 0.472. The van der Waals surface area contributed by atoms with E-state index in [0.29, 0.717) is 17.5 Å². The molecule has 4 aromatic rings. The molecule has 0 saturated heterocycles. The van der Waals surface area contributed by atoms with E-state index in [1.165, 1.54) is 0 Å². The third-order valence-electron chi connectivity index (χ3n) is 6.26. The summed E-state index contributed by atoms with van der Waals surface area (Å²) in [5.41, 5.74) is 4.87. The summed E-state index contributed by atoms with van der Waals surface area (Å²) in [4.78, 5) is 13.1. The standard InChI is InChI=1S/C28H29FN2O3S/c1-4-31-24(16-21-9-6-19(3)14-26(21)29)17-23-15-22(10-13-27(23)31)28(32)30-18-20-7-11-25(12-8-20)35(33,34)5-2/h6-15,17H,4-5,16,18H2,1-3H3,(H,30,32). The normalized spacial score (nSPS) is 11.7. The predicted molar refractivity (Wildman–Crippen MR) is 137 cm³/mol. The van der Waals surface area contributed by atoms with E-state index in [-0.39, 0.29) is 28.9 Å². The van der Waals surface area contributed by atoms with Gasteiger partial charge in [-0.25, -0.2) is 12.8 Å². The number of nitrogens with zero attached hydrogens (tertiary/aromatic N) is 1. The molecule has 0 aliphatic carbocycles. The Balaban J connectivity index is 1.51. The maximum absolute atomic E-state index is 14.4. The van der Waals surface area contributed by atoms with Gasteiger partial charge in [0.15, 0.2) is 9.84 Å². The number of hydrogen-bond donors (Lipinski definition) is 1. The molecule has 0 aliphatic heterocycles. The Morgan fingerprint density at radius 3 is 2.37 bits per heavy atom. The average Bonchev–Trinajstić information content (AvgIpc) is 3.20. The summed E-state index contributed by atoms with van der Waals surface area (Å²) in [6, 6.07) is 19.4. The van der Waals surface area contributed by atoms with Crippen LogP contribution < -0.4 is 5.32 Å². The van der Waals surface area contributed by atoms with Crippen LogP contribution >= 0.6 is 0 Å². The van der Waals surface area contributed by atoms with Gasteiger partial charge in [-0.15, -0.1) is 0 Å². The van der Waals surface area contributed by atoms with E-state index in [1.54, 1.807) is 43.3 Å². The van der Waals surface area contributed by atoms with Gasteiger partial charge in [-0.3, -0.25) is 4.79 Å². The summed E-state index contributed by atoms with van der Waals surface area (Å²) < 4.78 is 40.5. The van der Waals surface area contributed by atoms with Gasteiger partial charge in [-0.2, -0.15) is 0 Å². The van der Waals surface area contributed by atoms with Crippen molar-refractivity contribution >= 4 is 26.6 Å². The van der Waals surface area contributed by atoms with Crippen LogP contribution in [0.25, 0.3) is 10.9 Å². The van der Waals surface area contributed by atoms with Gasteiger partial charge in [0.25, 0.3) is 5.91 Å². The maximum atomic E-state index is 14.4. The van der Waals surface area contributed by atoms with E-state index in [2.05, 4.69) is 9.88 Å². The van der Waals surface area contributed by atoms with E-state index in [9.17, 15) is 17.6 Å². The molecule has 1 heterocycles. The highest BCUT2D eigenvalue weighted by Crippen LogP contribution is 2.25. The number of nitrogens with one attached hydrogen (secondary N) is 1. The Bertz CT molecular complexity index is 1490. The first-order valence-electron chi connectivity index (χ1n) is 11.7. The SMILES string of the molecule is CCn1c(Cc2ccc(C)cc2F)cc2cc(C(=O)NCc3ccc(S(=O)(=O)CC)cc3)ccc21. The van der Waals surface area contributed by atoms with Crippen molar-refractivity contribution in [3.8, 4) is 0 Å². The van der Waals surface area contributed by atoms with Crippen LogP contribution in [-0.4, -0.2) is 24.6 Å². The molecule has 0 saturated carbocycles. The van der Waals surface area contributed by atoms with Crippen molar-refractivity contribution in [1.82, 2.24) is 9.88 Å². The molecule has 0 spiro atoms. The largest absolute Gasteiger partial charge is 0.348 e. The number of carbonyl (C=O) groups is 1. The minimum atomic E-state index is -3.25. The molecular formula is C28H29FN2O3S. The van der Waals surface area contributed by atoms with E-state index < -0.39 is 9.84 Å². The summed E-state index contributed by atoms with van der Waals surface area (Å²) in [7, 11) is -3.25. The Morgan fingerprint density at radius 1 is 0.971 bits per heavy atom. The molecule has 0 atom stereocenters. The Kier molecular flexibility index (Phi) is 7.08. The lowest BCUT2D eigenvalue weighted by atomic mass is 10.1. The van der Waals surface area contributed by atoms with Crippen LogP contribution in [-0.2, 0) is 29.3 Å². The van der Waals surface area contributed by atoms with Crippen molar-refractivity contribution in [2.24, 2.45) is 0 Å². The lowest BCUT2D eigenvalue weighted by Crippen LogP contribution is -2.22. The van der Waals surface area contributed by atoms with Crippen molar-refractivity contribution in [3.05, 3.63) is 100 Å². The zero-order valence-corrected chi connectivity index (χ0v) is 21.0. The number of aryl methyl sites for hydroxylation is 2. The van der Waals surface area contributed by atoms with E-state index >= 15 is 0 Å². The van der Waals surface area contributed by atoms with E-state index in [0.717, 1.165) is 34.3 Å². The molecule has 1 N–H and O–H groups in total. The molecule has 182 valence electrons. The highest BCUT2D eigenvalue weighted by Gasteiger charge is 2.14. The van der Waals surface area contributed by atoms with Crippen LogP contribution in [0, 0.1) is 12.7 Å². The highest BCUT2D eigenvalue weighted by atomic mass is 32.2. The summed E-state index contributed by atoms with van der Waals surface area (Å²) in [5, 5.41) is 3.82. The number of halogens is 1. The molecule has 0 aliphatic rings. The minimum Gasteiger partial charge on any atom is -0.348 e. The number of aromatic nitrogens is 1. The number of sulfone groups is 1. The molecule has 5 nitrogen and oxygen atoms in total. The topological polar surface area (TPSA) is 68.2 Å². The third-order valence-corrected chi connectivity index (χ3v) is 8.01. The molecule has 0 fully saturated rings. The third kappa shape index (κ3) is 5.30. The van der Waals surface area contributed by atoms with Gasteiger partial charge in [0.2, 0.25) is 0 Å². The number of rotatable bonds is 8. The quantitative estimate of drug-likeness (QED) is 0.357. The fourth-order valence-electron chi connectivity index (χ4n) is 4.25. The Morgan fingerprint density at radius 2 is 1.71 bits per heavy atom. The van der Waals surface area contributed by atoms with E-state index in [4.69, 9.17) is 0 Å². The fraction of sp³-hybridized carbons (Fsp3) is 0.250. The number of benzene rings is 3. The number of hydrogen-bond acceptors (Lipinski definition) is 3. The van der Waals surface area contributed by atoms with Gasteiger partial charge < -0.3 is 9.88 Å². The molecule has 35 heavy (non-hydrogen) atoms. The molecule has 0 bridgehead atoms. The predicted octanol–water partition coefficient (Wildman–Crippen LogP) is 5.42. The first kappa shape index (κ1) is 24.7. The van der Waals surface area contributed by atoms with Crippen molar-refractivity contribution in [3.63, 3.8) is 0 Å². The molecular weight excluding hydrogens is 463 g/mol. The lowest BCUT2D eigenvalue weighted by Gasteiger charge is -2.10. The van der Waals surface area contributed by atoms with Crippen molar-refractivity contribution in [1.29, 1.82) is 0 Å². The van der Waals surface area contributed by atoms with Crippen LogP contribution in [0.4, 0.5) is 4.39 Å². The van der Waals surface area contributed by atoms with Gasteiger partial charge in [0, 0.05) is 41.7 Å². The summed E-state index contributed by atoms with van der Waals surface area (Å²) >= 11 is 0. The highest BCUT2D eigenvalue weighted by molar-refractivity contribution is 7.91. The maximum Gasteiger partial charge on any atom is 0.251 e. The summed E-state index contributed by atoms with van der Waals surface area (Å²) in [6.45, 7) is 6.55. The summed E-state index contributed by atoms with van der Waals surface area (Å²) in [5.74, 6) is -0.377. The van der Waals surface area contributed by atoms with Crippen LogP contribution in [0.5, 0.6) is 0 Å². The molecule has 7 heteroatoms. The zero-order valence-electron chi connectivity index (χ0n) is 20.1. The van der Waals surface area contributed by atoms with Crippen LogP contribution in [0.3, 0.4) is 0 Å². The van der Waals surface area contributed by atoms with Crippen LogP contribution in [0.1, 0.15) is 46.6 Å². The Labute approximate surface area is 205 Å². The van der Waals surface area contributed by atoms with Gasteiger partial charge in [-0.1, -0.05) is 31.2 Å². The lowest BCUT2D eigenvalue weighted by molar-refractivity contribution is 0.0951. The monoisotopic (exact) mass is 492 g/mol. The molecule has 1 aromatic heterocycles. The van der Waals surface area contributed by atoms with Crippen molar-refractivity contribution in [2.75, 3.05) is 5.75 Å². The molecule has 1 amide bonds. The van der Waals surface area contributed by atoms with Gasteiger partial charge in [0.05, 0.1) is 10.6 Å². The van der Waals surface area contributed by atoms with Gasteiger partial charge in [-0.05, 0) is 73.0 Å². The first-order valence-corrected chi connectivity index (χ1v) is 13.3. The van der Waals surface area contributed by atoms with Crippen molar-refractivity contribution in [2.45, 2.75) is 45.2 Å². The second kappa shape index (κ2) is 10.0. The molecule has 3 aromatic carbocycles. The van der Waals surface area contributed by atoms with Crippen LogP contribution in [0.15, 0.2) is 71.6 Å². The Hall–Kier alpha value is -3.45. The smallest absolute Gasteiger partial charge is 0.251 e. The number of carbonyl (C=O) groups excluding carboxylic acids is 1. The van der Waals surface area contributed by atoms with Crippen LogP contribution in [0.2, 0.25) is 0 Å². The fourth-order valence-corrected chi connectivity index (χ4v) is 5.13. The number of amides is 1. The van der Waals surface area contributed by atoms with E-state index in [1.807, 2.05) is 44.2 Å². The van der Waals surface area contributed by atoms with Gasteiger partial charge in [0.1, 0.15) is 5.82 Å². The average molecular weight is 493 g/mol. The zero-order chi connectivity index (χ0) is 25.2. The second-order valence-electron chi connectivity index (χ2n) is 8.66. The molecule has 0 radical (unpaired) electrons. The molecule has 4 rings (SSSR count). The molecule has 0 unspecified atom stereocenters. The minimum absolute atomic E-state index is 0.0486. The second-order valence-corrected chi connectivity index (χ2v) is 10.9. The van der Waals surface area contributed by atoms with Gasteiger partial charge >= 0.3 is 0 Å².